The van der Waals surface area contributed by atoms with Crippen molar-refractivity contribution < 1.29 is 4.74 Å². The highest BCUT2D eigenvalue weighted by molar-refractivity contribution is 6.30. The number of aliphatic imine (C=N–C) groups is 1. The molecule has 0 bridgehead atoms. The van der Waals surface area contributed by atoms with Crippen molar-refractivity contribution in [1.29, 1.82) is 0 Å². The Morgan fingerprint density at radius 1 is 1.41 bits per heavy atom. The van der Waals surface area contributed by atoms with Crippen molar-refractivity contribution in [2.24, 2.45) is 12.0 Å². The molecule has 2 aliphatic rings. The van der Waals surface area contributed by atoms with Crippen LogP contribution in [0.1, 0.15) is 36.5 Å². The van der Waals surface area contributed by atoms with Crippen molar-refractivity contribution in [3.63, 3.8) is 0 Å². The summed E-state index contributed by atoms with van der Waals surface area (Å²) in [6, 6.07) is 8.58. The number of aromatic nitrogens is 2. The Bertz CT molecular complexity index is 820. The molecule has 3 unspecified atom stereocenters. The minimum atomic E-state index is 0.0271. The van der Waals surface area contributed by atoms with E-state index in [0.29, 0.717) is 18.6 Å². The monoisotopic (exact) mass is 387 g/mol. The Hall–Kier alpha value is -2.05. The Kier molecular flexibility index (Phi) is 5.36. The molecule has 1 N–H and O–H groups in total. The number of hydrogen-bond donors (Lipinski definition) is 1. The van der Waals surface area contributed by atoms with Crippen LogP contribution in [0, 0.1) is 0 Å². The second kappa shape index (κ2) is 7.90. The molecule has 6 nitrogen and oxygen atoms in total. The minimum absolute atomic E-state index is 0.0271. The maximum Gasteiger partial charge on any atom is 0.194 e. The first kappa shape index (κ1) is 18.3. The van der Waals surface area contributed by atoms with Crippen LogP contribution in [0.4, 0.5) is 0 Å². The molecule has 4 rings (SSSR count). The van der Waals surface area contributed by atoms with E-state index in [1.807, 2.05) is 36.3 Å². The van der Waals surface area contributed by atoms with Crippen LogP contribution in [-0.4, -0.2) is 52.9 Å². The van der Waals surface area contributed by atoms with Crippen LogP contribution < -0.4 is 5.32 Å². The maximum absolute atomic E-state index is 6.14. The Labute approximate surface area is 165 Å². The smallest absolute Gasteiger partial charge is 0.194 e. The number of hydrogen-bond acceptors (Lipinski definition) is 3. The molecule has 3 atom stereocenters. The van der Waals surface area contributed by atoms with Gasteiger partial charge in [0, 0.05) is 48.9 Å². The number of guanidine groups is 1. The van der Waals surface area contributed by atoms with Crippen LogP contribution in [0.15, 0.2) is 41.7 Å². The van der Waals surface area contributed by atoms with E-state index in [-0.39, 0.29) is 6.10 Å². The normalized spacial score (nSPS) is 25.5. The van der Waals surface area contributed by atoms with E-state index in [0.717, 1.165) is 42.6 Å². The summed E-state index contributed by atoms with van der Waals surface area (Å²) in [5, 5.41) is 8.73. The van der Waals surface area contributed by atoms with Crippen LogP contribution in [-0.2, 0) is 11.8 Å². The van der Waals surface area contributed by atoms with Gasteiger partial charge in [-0.3, -0.25) is 9.67 Å². The van der Waals surface area contributed by atoms with Crippen molar-refractivity contribution >= 4 is 17.6 Å². The van der Waals surface area contributed by atoms with Gasteiger partial charge in [0.2, 0.25) is 0 Å². The van der Waals surface area contributed by atoms with Gasteiger partial charge in [-0.25, -0.2) is 0 Å². The first-order valence-corrected chi connectivity index (χ1v) is 9.93. The van der Waals surface area contributed by atoms with E-state index < -0.39 is 0 Å². The molecule has 1 saturated carbocycles. The number of halogens is 1. The van der Waals surface area contributed by atoms with E-state index in [1.165, 1.54) is 5.56 Å². The number of rotatable bonds is 4. The number of nitrogens with one attached hydrogen (secondary N) is 1. The van der Waals surface area contributed by atoms with E-state index in [1.54, 1.807) is 0 Å². The fraction of sp³-hybridized carbons (Fsp3) is 0.500. The molecule has 1 aromatic heterocycles. The lowest BCUT2D eigenvalue weighted by atomic mass is 10.1. The molecule has 7 heteroatoms. The van der Waals surface area contributed by atoms with Crippen LogP contribution in [0.5, 0.6) is 0 Å². The van der Waals surface area contributed by atoms with Crippen molar-refractivity contribution in [3.05, 3.63) is 52.8 Å². The van der Waals surface area contributed by atoms with Crippen LogP contribution in [0.2, 0.25) is 5.02 Å². The fourth-order valence-electron chi connectivity index (χ4n) is 3.66. The lowest BCUT2D eigenvalue weighted by Crippen LogP contribution is -2.49. The quantitative estimate of drug-likeness (QED) is 0.647. The Morgan fingerprint density at radius 3 is 3.04 bits per heavy atom. The molecule has 1 aromatic carbocycles. The van der Waals surface area contributed by atoms with Gasteiger partial charge in [0.1, 0.15) is 6.10 Å². The van der Waals surface area contributed by atoms with Gasteiger partial charge in [0.15, 0.2) is 5.96 Å². The van der Waals surface area contributed by atoms with Gasteiger partial charge in [-0.05, 0) is 31.0 Å². The third-order valence-corrected chi connectivity index (χ3v) is 5.39. The average Bonchev–Trinajstić information content (AvgIpc) is 3.31. The third-order valence-electron chi connectivity index (χ3n) is 5.15. The number of benzene rings is 1. The summed E-state index contributed by atoms with van der Waals surface area (Å²) in [6.45, 7) is 5.14. The fourth-order valence-corrected chi connectivity index (χ4v) is 3.86. The summed E-state index contributed by atoms with van der Waals surface area (Å²) in [4.78, 5) is 7.04. The van der Waals surface area contributed by atoms with E-state index >= 15 is 0 Å². The lowest BCUT2D eigenvalue weighted by Gasteiger charge is -2.35. The second-order valence-electron chi connectivity index (χ2n) is 7.20. The highest BCUT2D eigenvalue weighted by Gasteiger charge is 2.40. The maximum atomic E-state index is 6.14. The van der Waals surface area contributed by atoms with Gasteiger partial charge >= 0.3 is 0 Å². The Balaban J connectivity index is 1.41. The van der Waals surface area contributed by atoms with Gasteiger partial charge in [-0.1, -0.05) is 23.7 Å². The van der Waals surface area contributed by atoms with Gasteiger partial charge in [-0.15, -0.1) is 0 Å². The van der Waals surface area contributed by atoms with Gasteiger partial charge in [0.05, 0.1) is 19.3 Å². The summed E-state index contributed by atoms with van der Waals surface area (Å²) >= 11 is 6.14. The molecular formula is C20H26ClN5O. The number of aryl methyl sites for hydroxylation is 1. The standard InChI is InChI=1S/C20H26ClN5O/c1-3-22-20(24-18-10-17(18)14-5-4-6-16(21)9-14)26-7-8-27-19(13-26)15-11-23-25(2)12-15/h4-6,9,11-12,17-19H,3,7-8,10,13H2,1-2H3,(H,22,24). The van der Waals surface area contributed by atoms with Crippen LogP contribution in [0.25, 0.3) is 0 Å². The molecule has 1 aliphatic heterocycles. The summed E-state index contributed by atoms with van der Waals surface area (Å²) in [5.41, 5.74) is 2.41. The molecule has 1 saturated heterocycles. The van der Waals surface area contributed by atoms with Gasteiger partial charge in [0.25, 0.3) is 0 Å². The highest BCUT2D eigenvalue weighted by Crippen LogP contribution is 2.41. The average molecular weight is 388 g/mol. The number of ether oxygens (including phenoxy) is 1. The van der Waals surface area contributed by atoms with Crippen LogP contribution in [0.3, 0.4) is 0 Å². The van der Waals surface area contributed by atoms with Crippen molar-refractivity contribution in [2.45, 2.75) is 31.4 Å². The third kappa shape index (κ3) is 4.28. The van der Waals surface area contributed by atoms with Crippen molar-refractivity contribution in [2.75, 3.05) is 26.2 Å². The molecule has 0 spiro atoms. The first-order chi connectivity index (χ1) is 13.1. The summed E-state index contributed by atoms with van der Waals surface area (Å²) < 4.78 is 7.78. The minimum Gasteiger partial charge on any atom is -0.370 e. The molecule has 2 heterocycles. The first-order valence-electron chi connectivity index (χ1n) is 9.55. The SMILES string of the molecule is CCN=C(NC1CC1c1cccc(Cl)c1)N1CCOC(c2cnn(C)c2)C1. The van der Waals surface area contributed by atoms with E-state index in [9.17, 15) is 0 Å². The second-order valence-corrected chi connectivity index (χ2v) is 7.64. The Morgan fingerprint density at radius 2 is 2.30 bits per heavy atom. The summed E-state index contributed by atoms with van der Waals surface area (Å²) in [5.74, 6) is 1.48. The zero-order chi connectivity index (χ0) is 18.8. The van der Waals surface area contributed by atoms with Crippen LogP contribution >= 0.6 is 11.6 Å². The molecule has 2 aromatic rings. The van der Waals surface area contributed by atoms with Gasteiger partial charge in [-0.2, -0.15) is 5.10 Å². The summed E-state index contributed by atoms with van der Waals surface area (Å²) in [6.07, 6.45) is 5.04. The molecule has 27 heavy (non-hydrogen) atoms. The molecule has 2 fully saturated rings. The molecule has 0 radical (unpaired) electrons. The zero-order valence-electron chi connectivity index (χ0n) is 15.8. The molecule has 1 aliphatic carbocycles. The zero-order valence-corrected chi connectivity index (χ0v) is 16.6. The van der Waals surface area contributed by atoms with E-state index in [2.05, 4.69) is 34.4 Å². The van der Waals surface area contributed by atoms with Gasteiger partial charge < -0.3 is 15.0 Å². The van der Waals surface area contributed by atoms with Crippen molar-refractivity contribution in [3.8, 4) is 0 Å². The predicted molar refractivity (Wildman–Crippen MR) is 107 cm³/mol. The topological polar surface area (TPSA) is 54.7 Å². The number of nitrogens with zero attached hydrogens (tertiary/aromatic N) is 4. The number of morpholine rings is 1. The van der Waals surface area contributed by atoms with Crippen molar-refractivity contribution in [1.82, 2.24) is 20.0 Å². The molecular weight excluding hydrogens is 362 g/mol. The van der Waals surface area contributed by atoms with E-state index in [4.69, 9.17) is 21.3 Å². The largest absolute Gasteiger partial charge is 0.370 e. The summed E-state index contributed by atoms with van der Waals surface area (Å²) in [7, 11) is 1.93. The molecule has 0 amide bonds. The lowest BCUT2D eigenvalue weighted by molar-refractivity contribution is -0.00810. The predicted octanol–water partition coefficient (Wildman–Crippen LogP) is 2.97. The molecule has 144 valence electrons. The highest BCUT2D eigenvalue weighted by atomic mass is 35.5.